The van der Waals surface area contributed by atoms with Gasteiger partial charge in [-0.05, 0) is 71.8 Å². The quantitative estimate of drug-likeness (QED) is 0.742. The zero-order valence-corrected chi connectivity index (χ0v) is 15.9. The molecule has 2 saturated carbocycles. The highest BCUT2D eigenvalue weighted by Crippen LogP contribution is 2.68. The maximum atomic E-state index is 10.2. The highest BCUT2D eigenvalue weighted by atomic mass is 16.5. The minimum atomic E-state index is 0.231. The zero-order valence-electron chi connectivity index (χ0n) is 15.9. The van der Waals surface area contributed by atoms with Gasteiger partial charge in [-0.1, -0.05) is 40.2 Å². The summed E-state index contributed by atoms with van der Waals surface area (Å²) in [5.74, 6) is 2.49. The molecule has 2 nitrogen and oxygen atoms in total. The molecule has 2 heteroatoms. The third-order valence-electron chi connectivity index (χ3n) is 8.26. The SMILES string of the molecule is COc1c(O)ccc2c1C[C@H]1C3(C)CCCC(C)(C)[C@@H]3CC[C@]21C. The van der Waals surface area contributed by atoms with E-state index in [9.17, 15) is 5.11 Å². The van der Waals surface area contributed by atoms with Crippen molar-refractivity contribution in [2.24, 2.45) is 22.7 Å². The molecule has 0 spiro atoms. The number of fused-ring (bicyclic) bond motifs is 5. The summed E-state index contributed by atoms with van der Waals surface area (Å²) in [7, 11) is 1.69. The predicted octanol–water partition coefficient (Wildman–Crippen LogP) is 5.46. The molecule has 0 aromatic heterocycles. The van der Waals surface area contributed by atoms with Crippen LogP contribution in [0.4, 0.5) is 0 Å². The van der Waals surface area contributed by atoms with Gasteiger partial charge < -0.3 is 9.84 Å². The summed E-state index contributed by atoms with van der Waals surface area (Å²) < 4.78 is 5.60. The van der Waals surface area contributed by atoms with E-state index < -0.39 is 0 Å². The Hall–Kier alpha value is -1.18. The molecule has 3 aliphatic rings. The largest absolute Gasteiger partial charge is 0.504 e. The van der Waals surface area contributed by atoms with Crippen LogP contribution >= 0.6 is 0 Å². The van der Waals surface area contributed by atoms with E-state index in [0.717, 1.165) is 18.1 Å². The van der Waals surface area contributed by atoms with E-state index >= 15 is 0 Å². The summed E-state index contributed by atoms with van der Waals surface area (Å²) in [5.41, 5.74) is 3.79. The Kier molecular flexibility index (Phi) is 3.34. The van der Waals surface area contributed by atoms with Gasteiger partial charge in [-0.3, -0.25) is 0 Å². The van der Waals surface area contributed by atoms with Gasteiger partial charge >= 0.3 is 0 Å². The number of phenolic OH excluding ortho intramolecular Hbond substituents is 1. The second-order valence-corrected chi connectivity index (χ2v) is 9.76. The number of rotatable bonds is 1. The molecule has 4 atom stereocenters. The Morgan fingerprint density at radius 3 is 2.50 bits per heavy atom. The Morgan fingerprint density at radius 1 is 1.04 bits per heavy atom. The maximum Gasteiger partial charge on any atom is 0.163 e. The number of methoxy groups -OCH3 is 1. The van der Waals surface area contributed by atoms with Crippen LogP contribution in [0.5, 0.6) is 11.5 Å². The summed E-state index contributed by atoms with van der Waals surface area (Å²) in [6, 6.07) is 4.01. The van der Waals surface area contributed by atoms with Gasteiger partial charge in [-0.2, -0.15) is 0 Å². The minimum Gasteiger partial charge on any atom is -0.504 e. The summed E-state index contributed by atoms with van der Waals surface area (Å²) >= 11 is 0. The van der Waals surface area contributed by atoms with Crippen LogP contribution in [0.2, 0.25) is 0 Å². The van der Waals surface area contributed by atoms with Crippen LogP contribution in [0.25, 0.3) is 0 Å². The van der Waals surface area contributed by atoms with E-state index in [4.69, 9.17) is 4.74 Å². The first kappa shape index (κ1) is 16.3. The molecule has 1 unspecified atom stereocenters. The van der Waals surface area contributed by atoms with Crippen molar-refractivity contribution in [3.05, 3.63) is 23.3 Å². The van der Waals surface area contributed by atoms with E-state index in [1.807, 2.05) is 6.07 Å². The van der Waals surface area contributed by atoms with Crippen molar-refractivity contribution < 1.29 is 9.84 Å². The first-order valence-corrected chi connectivity index (χ1v) is 9.63. The molecule has 3 aliphatic carbocycles. The van der Waals surface area contributed by atoms with Gasteiger partial charge in [-0.15, -0.1) is 0 Å². The first-order valence-electron chi connectivity index (χ1n) is 9.63. The van der Waals surface area contributed by atoms with Crippen molar-refractivity contribution >= 4 is 0 Å². The van der Waals surface area contributed by atoms with Gasteiger partial charge in [0.2, 0.25) is 0 Å². The van der Waals surface area contributed by atoms with E-state index in [1.165, 1.54) is 43.2 Å². The molecule has 1 N–H and O–H groups in total. The molecular formula is C22H32O2. The van der Waals surface area contributed by atoms with Crippen molar-refractivity contribution in [2.45, 2.75) is 71.6 Å². The van der Waals surface area contributed by atoms with Gasteiger partial charge in [0.25, 0.3) is 0 Å². The Balaban J connectivity index is 1.84. The lowest BCUT2D eigenvalue weighted by Crippen LogP contribution is -2.55. The summed E-state index contributed by atoms with van der Waals surface area (Å²) in [6.07, 6.45) is 7.73. The van der Waals surface area contributed by atoms with Gasteiger partial charge in [0.1, 0.15) is 0 Å². The van der Waals surface area contributed by atoms with E-state index in [-0.39, 0.29) is 5.41 Å². The molecule has 24 heavy (non-hydrogen) atoms. The Labute approximate surface area is 146 Å². The number of hydrogen-bond donors (Lipinski definition) is 1. The molecule has 1 aromatic rings. The van der Waals surface area contributed by atoms with Crippen LogP contribution in [-0.2, 0) is 11.8 Å². The fraction of sp³-hybridized carbons (Fsp3) is 0.727. The summed E-state index contributed by atoms with van der Waals surface area (Å²) in [4.78, 5) is 0. The fourth-order valence-corrected chi connectivity index (χ4v) is 7.22. The fourth-order valence-electron chi connectivity index (χ4n) is 7.22. The molecule has 1 aromatic carbocycles. The zero-order chi connectivity index (χ0) is 17.3. The molecule has 0 amide bonds. The van der Waals surface area contributed by atoms with Crippen molar-refractivity contribution in [3.8, 4) is 11.5 Å². The van der Waals surface area contributed by atoms with Crippen LogP contribution in [0.1, 0.15) is 70.9 Å². The monoisotopic (exact) mass is 328 g/mol. The number of hydrogen-bond acceptors (Lipinski definition) is 2. The van der Waals surface area contributed by atoms with Gasteiger partial charge in [-0.25, -0.2) is 0 Å². The van der Waals surface area contributed by atoms with Crippen LogP contribution in [0.3, 0.4) is 0 Å². The van der Waals surface area contributed by atoms with Crippen molar-refractivity contribution in [1.29, 1.82) is 0 Å². The minimum absolute atomic E-state index is 0.231. The molecular weight excluding hydrogens is 296 g/mol. The number of phenols is 1. The van der Waals surface area contributed by atoms with Gasteiger partial charge in [0.05, 0.1) is 7.11 Å². The molecule has 0 bridgehead atoms. The van der Waals surface area contributed by atoms with Crippen molar-refractivity contribution in [1.82, 2.24) is 0 Å². The molecule has 0 heterocycles. The van der Waals surface area contributed by atoms with E-state index in [1.54, 1.807) is 7.11 Å². The van der Waals surface area contributed by atoms with Crippen LogP contribution in [0, 0.1) is 22.7 Å². The van der Waals surface area contributed by atoms with Crippen LogP contribution in [-0.4, -0.2) is 12.2 Å². The third-order valence-corrected chi connectivity index (χ3v) is 8.26. The lowest BCUT2D eigenvalue weighted by Gasteiger charge is -2.61. The lowest BCUT2D eigenvalue weighted by molar-refractivity contribution is -0.0982. The predicted molar refractivity (Wildman–Crippen MR) is 97.7 cm³/mol. The Morgan fingerprint density at radius 2 is 1.79 bits per heavy atom. The number of aromatic hydroxyl groups is 1. The normalized spacial score (nSPS) is 39.7. The van der Waals surface area contributed by atoms with Gasteiger partial charge in [0.15, 0.2) is 11.5 Å². The van der Waals surface area contributed by atoms with Crippen LogP contribution < -0.4 is 4.74 Å². The molecule has 132 valence electrons. The summed E-state index contributed by atoms with van der Waals surface area (Å²) in [5, 5.41) is 10.2. The number of benzene rings is 1. The molecule has 2 fully saturated rings. The third kappa shape index (κ3) is 1.89. The van der Waals surface area contributed by atoms with Gasteiger partial charge in [0, 0.05) is 5.56 Å². The van der Waals surface area contributed by atoms with E-state index in [2.05, 4.69) is 33.8 Å². The average molecular weight is 328 g/mol. The second-order valence-electron chi connectivity index (χ2n) is 9.76. The first-order chi connectivity index (χ1) is 11.2. The molecule has 0 aliphatic heterocycles. The maximum absolute atomic E-state index is 10.2. The number of ether oxygens (including phenoxy) is 1. The second kappa shape index (κ2) is 4.93. The Bertz CT molecular complexity index is 677. The van der Waals surface area contributed by atoms with Crippen LogP contribution in [0.15, 0.2) is 12.1 Å². The topological polar surface area (TPSA) is 29.5 Å². The smallest absolute Gasteiger partial charge is 0.163 e. The molecule has 0 radical (unpaired) electrons. The average Bonchev–Trinajstić information content (AvgIpc) is 2.80. The molecule has 0 saturated heterocycles. The standard InChI is InChI=1S/C22H32O2/c1-20(2)10-6-11-22(4)17(20)9-12-21(3)15-7-8-16(23)19(24-5)14(15)13-18(21)22/h7-8,17-18,23H,6,9-13H2,1-5H3/t17-,18+,21+,22?/m0/s1. The lowest BCUT2D eigenvalue weighted by atomic mass is 9.43. The highest BCUT2D eigenvalue weighted by Gasteiger charge is 2.61. The van der Waals surface area contributed by atoms with Crippen molar-refractivity contribution in [2.75, 3.05) is 7.11 Å². The van der Waals surface area contributed by atoms with E-state index in [0.29, 0.717) is 22.5 Å². The highest BCUT2D eigenvalue weighted by molar-refractivity contribution is 5.56. The van der Waals surface area contributed by atoms with Crippen molar-refractivity contribution in [3.63, 3.8) is 0 Å². The molecule has 4 rings (SSSR count). The summed E-state index contributed by atoms with van der Waals surface area (Å²) in [6.45, 7) is 10.0.